The molecule has 0 aliphatic carbocycles. The molecule has 0 unspecified atom stereocenters. The highest BCUT2D eigenvalue weighted by Gasteiger charge is 2.27. The van der Waals surface area contributed by atoms with Crippen LogP contribution in [0.1, 0.15) is 5.56 Å². The van der Waals surface area contributed by atoms with E-state index in [2.05, 4.69) is 5.18 Å². The van der Waals surface area contributed by atoms with E-state index in [4.69, 9.17) is 0 Å². The number of hydrogen-bond donors (Lipinski definition) is 0. The van der Waals surface area contributed by atoms with Gasteiger partial charge in [-0.25, -0.2) is 4.39 Å². The van der Waals surface area contributed by atoms with Gasteiger partial charge in [-0.05, 0) is 22.9 Å². The van der Waals surface area contributed by atoms with E-state index < -0.39 is 24.1 Å². The van der Waals surface area contributed by atoms with Crippen LogP contribution in [0.2, 0.25) is 0 Å². The SMILES string of the molecule is O=Nc1cc(CC(F)(F)F)ccc1F. The van der Waals surface area contributed by atoms with E-state index in [1.54, 1.807) is 0 Å². The molecule has 0 bridgehead atoms. The normalized spacial score (nSPS) is 11.4. The monoisotopic (exact) mass is 207 g/mol. The average Bonchev–Trinajstić information content (AvgIpc) is 2.06. The Morgan fingerprint density at radius 1 is 1.29 bits per heavy atom. The van der Waals surface area contributed by atoms with Gasteiger partial charge in [0, 0.05) is 0 Å². The summed E-state index contributed by atoms with van der Waals surface area (Å²) in [6.07, 6.45) is -5.58. The first-order valence-corrected chi connectivity index (χ1v) is 3.61. The lowest BCUT2D eigenvalue weighted by atomic mass is 10.1. The summed E-state index contributed by atoms with van der Waals surface area (Å²) in [4.78, 5) is 9.97. The second-order valence-electron chi connectivity index (χ2n) is 2.67. The summed E-state index contributed by atoms with van der Waals surface area (Å²) in [5.41, 5.74) is -0.791. The molecule has 76 valence electrons. The molecule has 1 aromatic rings. The smallest absolute Gasteiger partial charge is 0.204 e. The Kier molecular flexibility index (Phi) is 2.83. The Morgan fingerprint density at radius 2 is 1.93 bits per heavy atom. The highest BCUT2D eigenvalue weighted by Crippen LogP contribution is 2.25. The molecule has 14 heavy (non-hydrogen) atoms. The standard InChI is InChI=1S/C8H5F4NO/c9-6-2-1-5(3-7(6)13-14)4-8(10,11)12/h1-3H,4H2. The lowest BCUT2D eigenvalue weighted by molar-refractivity contribution is -0.127. The number of nitrogens with zero attached hydrogens (tertiary/aromatic N) is 1. The molecule has 0 aromatic heterocycles. The van der Waals surface area contributed by atoms with Crippen molar-refractivity contribution in [2.45, 2.75) is 12.6 Å². The van der Waals surface area contributed by atoms with E-state index in [0.717, 1.165) is 18.2 Å². The Labute approximate surface area is 76.5 Å². The van der Waals surface area contributed by atoms with Crippen LogP contribution in [0.4, 0.5) is 23.2 Å². The van der Waals surface area contributed by atoms with E-state index in [0.29, 0.717) is 0 Å². The van der Waals surface area contributed by atoms with Crippen molar-refractivity contribution in [3.63, 3.8) is 0 Å². The van der Waals surface area contributed by atoms with Gasteiger partial charge in [-0.15, -0.1) is 4.91 Å². The van der Waals surface area contributed by atoms with Crippen LogP contribution in [0.25, 0.3) is 0 Å². The van der Waals surface area contributed by atoms with E-state index in [1.165, 1.54) is 0 Å². The Balaban J connectivity index is 2.95. The van der Waals surface area contributed by atoms with Crippen molar-refractivity contribution in [2.24, 2.45) is 5.18 Å². The third-order valence-electron chi connectivity index (χ3n) is 1.51. The minimum atomic E-state index is -4.38. The average molecular weight is 207 g/mol. The largest absolute Gasteiger partial charge is 0.393 e. The Hall–Kier alpha value is -1.46. The van der Waals surface area contributed by atoms with E-state index in [1.807, 2.05) is 0 Å². The number of rotatable bonds is 2. The molecule has 0 aliphatic heterocycles. The fourth-order valence-corrected chi connectivity index (χ4v) is 0.970. The van der Waals surface area contributed by atoms with Gasteiger partial charge in [0.25, 0.3) is 0 Å². The van der Waals surface area contributed by atoms with Crippen molar-refractivity contribution < 1.29 is 17.6 Å². The zero-order valence-electron chi connectivity index (χ0n) is 6.81. The summed E-state index contributed by atoms with van der Waals surface area (Å²) in [7, 11) is 0. The lowest BCUT2D eigenvalue weighted by Gasteiger charge is -2.06. The summed E-state index contributed by atoms with van der Waals surface area (Å²) < 4.78 is 48.3. The molecule has 2 nitrogen and oxygen atoms in total. The molecular weight excluding hydrogens is 202 g/mol. The van der Waals surface area contributed by atoms with Gasteiger partial charge in [0.1, 0.15) is 5.69 Å². The van der Waals surface area contributed by atoms with E-state index in [9.17, 15) is 22.5 Å². The van der Waals surface area contributed by atoms with Crippen LogP contribution < -0.4 is 0 Å². The topological polar surface area (TPSA) is 29.4 Å². The minimum absolute atomic E-state index is 0.187. The maximum Gasteiger partial charge on any atom is 0.393 e. The van der Waals surface area contributed by atoms with Gasteiger partial charge < -0.3 is 0 Å². The van der Waals surface area contributed by atoms with Gasteiger partial charge in [0.2, 0.25) is 0 Å². The van der Waals surface area contributed by atoms with Crippen LogP contribution >= 0.6 is 0 Å². The maximum absolute atomic E-state index is 12.6. The first-order valence-electron chi connectivity index (χ1n) is 3.61. The third kappa shape index (κ3) is 2.79. The molecular formula is C8H5F4NO. The van der Waals surface area contributed by atoms with Crippen molar-refractivity contribution in [1.29, 1.82) is 0 Å². The molecule has 0 spiro atoms. The van der Waals surface area contributed by atoms with Gasteiger partial charge in [0.05, 0.1) is 6.42 Å². The van der Waals surface area contributed by atoms with Crippen molar-refractivity contribution in [3.05, 3.63) is 34.5 Å². The first-order chi connectivity index (χ1) is 6.42. The molecule has 0 N–H and O–H groups in total. The molecule has 0 saturated heterocycles. The van der Waals surface area contributed by atoms with Crippen LogP contribution in [0, 0.1) is 10.7 Å². The summed E-state index contributed by atoms with van der Waals surface area (Å²) in [6, 6.07) is 2.55. The predicted molar refractivity (Wildman–Crippen MR) is 41.6 cm³/mol. The fourth-order valence-electron chi connectivity index (χ4n) is 0.970. The molecule has 0 heterocycles. The van der Waals surface area contributed by atoms with Gasteiger partial charge in [-0.3, -0.25) is 0 Å². The second-order valence-corrected chi connectivity index (χ2v) is 2.67. The van der Waals surface area contributed by atoms with E-state index >= 15 is 0 Å². The maximum atomic E-state index is 12.6. The first kappa shape index (κ1) is 10.6. The molecule has 0 saturated carbocycles. The summed E-state index contributed by atoms with van der Waals surface area (Å²) in [5.74, 6) is -0.925. The lowest BCUT2D eigenvalue weighted by Crippen LogP contribution is -2.11. The van der Waals surface area contributed by atoms with Gasteiger partial charge in [0.15, 0.2) is 5.82 Å². The van der Waals surface area contributed by atoms with Crippen molar-refractivity contribution in [2.75, 3.05) is 0 Å². The van der Waals surface area contributed by atoms with Crippen molar-refractivity contribution in [1.82, 2.24) is 0 Å². The van der Waals surface area contributed by atoms with Crippen molar-refractivity contribution >= 4 is 5.69 Å². The van der Waals surface area contributed by atoms with Gasteiger partial charge >= 0.3 is 6.18 Å². The predicted octanol–water partition coefficient (Wildman–Crippen LogP) is 3.33. The van der Waals surface area contributed by atoms with Crippen LogP contribution in [0.5, 0.6) is 0 Å². The molecule has 1 aromatic carbocycles. The molecule has 0 amide bonds. The summed E-state index contributed by atoms with van der Waals surface area (Å²) in [5, 5.41) is 2.27. The summed E-state index contributed by atoms with van der Waals surface area (Å²) in [6.45, 7) is 0. The van der Waals surface area contributed by atoms with Crippen LogP contribution in [0.3, 0.4) is 0 Å². The highest BCUT2D eigenvalue weighted by atomic mass is 19.4. The number of benzene rings is 1. The van der Waals surface area contributed by atoms with Crippen LogP contribution in [-0.4, -0.2) is 6.18 Å². The minimum Gasteiger partial charge on any atom is -0.204 e. The third-order valence-corrected chi connectivity index (χ3v) is 1.51. The van der Waals surface area contributed by atoms with Gasteiger partial charge in [-0.2, -0.15) is 13.2 Å². The van der Waals surface area contributed by atoms with E-state index in [-0.39, 0.29) is 5.56 Å². The fraction of sp³-hybridized carbons (Fsp3) is 0.250. The summed E-state index contributed by atoms with van der Waals surface area (Å²) >= 11 is 0. The zero-order chi connectivity index (χ0) is 10.8. The molecule has 1 rings (SSSR count). The molecule has 6 heteroatoms. The number of nitroso groups, excluding NO2 is 1. The number of alkyl halides is 3. The van der Waals surface area contributed by atoms with Gasteiger partial charge in [-0.1, -0.05) is 6.07 Å². The number of halogens is 4. The quantitative estimate of drug-likeness (QED) is 0.540. The zero-order valence-corrected chi connectivity index (χ0v) is 6.81. The highest BCUT2D eigenvalue weighted by molar-refractivity contribution is 5.41. The second kappa shape index (κ2) is 3.73. The molecule has 0 aliphatic rings. The van der Waals surface area contributed by atoms with Crippen molar-refractivity contribution in [3.8, 4) is 0 Å². The van der Waals surface area contributed by atoms with Crippen LogP contribution in [0.15, 0.2) is 23.4 Å². The van der Waals surface area contributed by atoms with Crippen LogP contribution in [-0.2, 0) is 6.42 Å². The Bertz CT molecular complexity index is 348. The molecule has 0 fully saturated rings. The number of hydrogen-bond acceptors (Lipinski definition) is 2. The molecule has 0 radical (unpaired) electrons. The molecule has 0 atom stereocenters. The Morgan fingerprint density at radius 3 is 2.43 bits per heavy atom.